The van der Waals surface area contributed by atoms with Gasteiger partial charge in [-0.15, -0.1) is 5.10 Å². The number of likely N-dealkylation sites (tertiary alicyclic amines) is 1. The molecule has 0 aromatic carbocycles. The summed E-state index contributed by atoms with van der Waals surface area (Å²) in [5.74, 6) is 4.32. The zero-order valence-corrected chi connectivity index (χ0v) is 15.1. The number of nitrogens with zero attached hydrogens (tertiary/aromatic N) is 6. The quantitative estimate of drug-likeness (QED) is 0.845. The van der Waals surface area contributed by atoms with Crippen LogP contribution in [-0.4, -0.2) is 54.1 Å². The molecule has 26 heavy (non-hydrogen) atoms. The predicted molar refractivity (Wildman–Crippen MR) is 93.2 cm³/mol. The molecule has 0 radical (unpaired) electrons. The summed E-state index contributed by atoms with van der Waals surface area (Å²) in [6, 6.07) is 0. The molecule has 8 nitrogen and oxygen atoms in total. The van der Waals surface area contributed by atoms with Crippen LogP contribution in [0.4, 0.5) is 0 Å². The predicted octanol–water partition coefficient (Wildman–Crippen LogP) is 1.40. The van der Waals surface area contributed by atoms with E-state index < -0.39 is 0 Å². The maximum atomic E-state index is 12.7. The molecule has 5 rings (SSSR count). The van der Waals surface area contributed by atoms with Crippen LogP contribution in [0.1, 0.15) is 61.3 Å². The summed E-state index contributed by atoms with van der Waals surface area (Å²) in [5.41, 5.74) is 0.875. The van der Waals surface area contributed by atoms with Gasteiger partial charge < -0.3 is 4.90 Å². The first-order valence-electron chi connectivity index (χ1n) is 9.72. The van der Waals surface area contributed by atoms with Crippen LogP contribution in [0.5, 0.6) is 0 Å². The maximum Gasteiger partial charge on any atom is 0.222 e. The van der Waals surface area contributed by atoms with Crippen LogP contribution < -0.4 is 0 Å². The number of amides is 1. The number of hydrogen-bond acceptors (Lipinski definition) is 5. The summed E-state index contributed by atoms with van der Waals surface area (Å²) in [6.07, 6.45) is 8.00. The van der Waals surface area contributed by atoms with Crippen molar-refractivity contribution in [1.29, 1.82) is 0 Å². The molecular formula is C18H25N7O. The van der Waals surface area contributed by atoms with Gasteiger partial charge in [-0.2, -0.15) is 5.10 Å². The van der Waals surface area contributed by atoms with Crippen molar-refractivity contribution >= 4 is 5.91 Å². The van der Waals surface area contributed by atoms with Crippen molar-refractivity contribution < 1.29 is 4.79 Å². The number of carbonyl (C=O) groups excluding carboxylic acids is 1. The Hall–Kier alpha value is -2.25. The summed E-state index contributed by atoms with van der Waals surface area (Å²) in [4.78, 5) is 19.5. The molecule has 2 atom stereocenters. The van der Waals surface area contributed by atoms with Crippen molar-refractivity contribution in [2.75, 3.05) is 13.1 Å². The topological polar surface area (TPSA) is 92.6 Å². The van der Waals surface area contributed by atoms with Crippen LogP contribution >= 0.6 is 0 Å². The first kappa shape index (κ1) is 16.0. The van der Waals surface area contributed by atoms with E-state index in [1.54, 1.807) is 4.68 Å². The largest absolute Gasteiger partial charge is 0.342 e. The summed E-state index contributed by atoms with van der Waals surface area (Å²) in [6.45, 7) is 1.62. The van der Waals surface area contributed by atoms with Crippen molar-refractivity contribution in [2.45, 2.75) is 50.4 Å². The van der Waals surface area contributed by atoms with Crippen molar-refractivity contribution in [1.82, 2.24) is 35.1 Å². The smallest absolute Gasteiger partial charge is 0.222 e. The van der Waals surface area contributed by atoms with Crippen molar-refractivity contribution in [3.05, 3.63) is 23.5 Å². The van der Waals surface area contributed by atoms with Gasteiger partial charge in [-0.1, -0.05) is 5.21 Å². The van der Waals surface area contributed by atoms with Gasteiger partial charge in [0.1, 0.15) is 5.82 Å². The van der Waals surface area contributed by atoms with E-state index in [0.717, 1.165) is 36.4 Å². The molecule has 0 bridgehead atoms. The molecule has 3 aliphatic rings. The Bertz CT molecular complexity index is 804. The Labute approximate surface area is 152 Å². The van der Waals surface area contributed by atoms with E-state index in [2.05, 4.69) is 20.5 Å². The second kappa shape index (κ2) is 6.17. The minimum atomic E-state index is 0.214. The Morgan fingerprint density at radius 3 is 2.81 bits per heavy atom. The third-order valence-electron chi connectivity index (χ3n) is 6.00. The summed E-state index contributed by atoms with van der Waals surface area (Å²) >= 11 is 0. The highest BCUT2D eigenvalue weighted by molar-refractivity contribution is 5.76. The first-order valence-corrected chi connectivity index (χ1v) is 9.72. The Morgan fingerprint density at radius 1 is 1.27 bits per heavy atom. The number of nitrogens with one attached hydrogen (secondary N) is 1. The highest BCUT2D eigenvalue weighted by Gasteiger charge is 2.45. The van der Waals surface area contributed by atoms with Crippen LogP contribution in [0, 0.1) is 11.8 Å². The second-order valence-electron chi connectivity index (χ2n) is 8.14. The number of aryl methyl sites for hydroxylation is 2. The molecule has 0 spiro atoms. The average Bonchev–Trinajstić information content (AvgIpc) is 3.53. The normalized spacial score (nSPS) is 25.8. The first-order chi connectivity index (χ1) is 12.7. The molecule has 3 fully saturated rings. The summed E-state index contributed by atoms with van der Waals surface area (Å²) < 4.78 is 1.68. The van der Waals surface area contributed by atoms with Crippen LogP contribution in [0.25, 0.3) is 0 Å². The molecule has 1 amide bonds. The highest BCUT2D eigenvalue weighted by atomic mass is 16.2. The fraction of sp³-hybridized carbons (Fsp3) is 0.722. The molecule has 138 valence electrons. The number of carbonyl (C=O) groups is 1. The molecule has 3 heterocycles. The minimum Gasteiger partial charge on any atom is -0.342 e. The van der Waals surface area contributed by atoms with E-state index >= 15 is 0 Å². The zero-order chi connectivity index (χ0) is 17.7. The molecule has 1 N–H and O–H groups in total. The number of aromatic nitrogens is 6. The lowest BCUT2D eigenvalue weighted by Crippen LogP contribution is -2.29. The monoisotopic (exact) mass is 355 g/mol. The van der Waals surface area contributed by atoms with Crippen molar-refractivity contribution in [2.24, 2.45) is 18.9 Å². The van der Waals surface area contributed by atoms with Gasteiger partial charge in [-0.3, -0.25) is 14.6 Å². The van der Waals surface area contributed by atoms with Crippen LogP contribution in [0.2, 0.25) is 0 Å². The molecule has 1 aliphatic heterocycles. The number of aromatic amines is 1. The van der Waals surface area contributed by atoms with Gasteiger partial charge >= 0.3 is 0 Å². The SMILES string of the molecule is Cn1cc(CCC(=O)N2C[C@H](c3nc(C4CC4)n[nH]3)[C@@H](C3CC3)C2)nn1. The van der Waals surface area contributed by atoms with Gasteiger partial charge in [0.2, 0.25) is 5.91 Å². The molecule has 2 aliphatic carbocycles. The molecular weight excluding hydrogens is 330 g/mol. The van der Waals surface area contributed by atoms with E-state index in [9.17, 15) is 4.79 Å². The van der Waals surface area contributed by atoms with Gasteiger partial charge in [0.25, 0.3) is 0 Å². The van der Waals surface area contributed by atoms with Crippen LogP contribution in [0.15, 0.2) is 6.20 Å². The van der Waals surface area contributed by atoms with Crippen LogP contribution in [0.3, 0.4) is 0 Å². The van der Waals surface area contributed by atoms with Gasteiger partial charge in [0, 0.05) is 51.0 Å². The fourth-order valence-electron chi connectivity index (χ4n) is 4.20. The number of H-pyrrole nitrogens is 1. The lowest BCUT2D eigenvalue weighted by Gasteiger charge is -2.15. The van der Waals surface area contributed by atoms with E-state index in [4.69, 9.17) is 4.98 Å². The van der Waals surface area contributed by atoms with E-state index in [1.165, 1.54) is 25.7 Å². The second-order valence-corrected chi connectivity index (χ2v) is 8.14. The maximum absolute atomic E-state index is 12.7. The Morgan fingerprint density at radius 2 is 2.12 bits per heavy atom. The molecule has 2 aromatic heterocycles. The third kappa shape index (κ3) is 3.12. The number of rotatable bonds is 6. The lowest BCUT2D eigenvalue weighted by molar-refractivity contribution is -0.130. The van der Waals surface area contributed by atoms with Gasteiger partial charge in [-0.05, 0) is 37.5 Å². The lowest BCUT2D eigenvalue weighted by atomic mass is 9.91. The molecule has 2 saturated carbocycles. The van der Waals surface area contributed by atoms with Crippen molar-refractivity contribution in [3.8, 4) is 0 Å². The number of hydrogen-bond donors (Lipinski definition) is 1. The average molecular weight is 355 g/mol. The standard InChI is InChI=1S/C18H25N7O/c1-24-8-13(20-23-24)6-7-16(26)25-9-14(11-2-3-11)15(10-25)18-19-17(21-22-18)12-4-5-12/h8,11-12,14-15H,2-7,9-10H2,1H3,(H,19,21,22)/t14-,15+/m1/s1. The van der Waals surface area contributed by atoms with E-state index in [-0.39, 0.29) is 5.91 Å². The van der Waals surface area contributed by atoms with E-state index in [1.807, 2.05) is 18.1 Å². The molecule has 2 aromatic rings. The summed E-state index contributed by atoms with van der Waals surface area (Å²) in [5, 5.41) is 15.6. The van der Waals surface area contributed by atoms with Gasteiger partial charge in [-0.25, -0.2) is 4.98 Å². The van der Waals surface area contributed by atoms with Gasteiger partial charge in [0.05, 0.1) is 5.69 Å². The fourth-order valence-corrected chi connectivity index (χ4v) is 4.20. The van der Waals surface area contributed by atoms with Gasteiger partial charge in [0.15, 0.2) is 5.82 Å². The molecule has 1 saturated heterocycles. The van der Waals surface area contributed by atoms with Crippen molar-refractivity contribution in [3.63, 3.8) is 0 Å². The van der Waals surface area contributed by atoms with E-state index in [0.29, 0.717) is 30.6 Å². The summed E-state index contributed by atoms with van der Waals surface area (Å²) in [7, 11) is 1.84. The Kier molecular flexibility index (Phi) is 3.79. The third-order valence-corrected chi connectivity index (χ3v) is 6.00. The Balaban J connectivity index is 1.25. The minimum absolute atomic E-state index is 0.214. The van der Waals surface area contributed by atoms with Crippen LogP contribution in [-0.2, 0) is 18.3 Å². The zero-order valence-electron chi connectivity index (χ0n) is 15.1. The molecule has 8 heteroatoms. The highest BCUT2D eigenvalue weighted by Crippen LogP contribution is 2.47. The molecule has 0 unspecified atom stereocenters.